The Balaban J connectivity index is 2.45. The standard InChI is InChI=1S/C12H11F3N2O2/c1-7-16-9-4-2-3-5-10(9)17(7)6-8(11(18)19)12(13,14)15/h2-5,8H,6H2,1H3,(H,18,19). The van der Waals surface area contributed by atoms with E-state index in [1.54, 1.807) is 31.2 Å². The summed E-state index contributed by atoms with van der Waals surface area (Å²) in [6.45, 7) is 0.875. The van der Waals surface area contributed by atoms with Crippen molar-refractivity contribution in [1.29, 1.82) is 0 Å². The number of carboxylic acid groups (broad SMARTS) is 1. The summed E-state index contributed by atoms with van der Waals surface area (Å²) in [5, 5.41) is 8.72. The third kappa shape index (κ3) is 2.54. The first kappa shape index (κ1) is 13.4. The van der Waals surface area contributed by atoms with Gasteiger partial charge in [-0.05, 0) is 19.1 Å². The Labute approximate surface area is 106 Å². The minimum Gasteiger partial charge on any atom is -0.481 e. The van der Waals surface area contributed by atoms with E-state index < -0.39 is 24.6 Å². The van der Waals surface area contributed by atoms with E-state index >= 15 is 0 Å². The van der Waals surface area contributed by atoms with Crippen molar-refractivity contribution in [3.05, 3.63) is 30.1 Å². The summed E-state index contributed by atoms with van der Waals surface area (Å²) in [4.78, 5) is 14.9. The van der Waals surface area contributed by atoms with Crippen molar-refractivity contribution in [3.63, 3.8) is 0 Å². The molecule has 0 bridgehead atoms. The van der Waals surface area contributed by atoms with E-state index in [-0.39, 0.29) is 0 Å². The zero-order chi connectivity index (χ0) is 14.2. The molecule has 1 heterocycles. The van der Waals surface area contributed by atoms with Crippen molar-refractivity contribution < 1.29 is 23.1 Å². The van der Waals surface area contributed by atoms with Gasteiger partial charge in [0.05, 0.1) is 11.0 Å². The Morgan fingerprint density at radius 3 is 2.63 bits per heavy atom. The number of aliphatic carboxylic acids is 1. The summed E-state index contributed by atoms with van der Waals surface area (Å²) in [6.07, 6.45) is -4.79. The third-order valence-electron chi connectivity index (χ3n) is 2.90. The molecule has 7 heteroatoms. The monoisotopic (exact) mass is 272 g/mol. The quantitative estimate of drug-likeness (QED) is 0.934. The maximum atomic E-state index is 12.7. The van der Waals surface area contributed by atoms with E-state index in [1.807, 2.05) is 0 Å². The first-order chi connectivity index (χ1) is 8.80. The van der Waals surface area contributed by atoms with Crippen LogP contribution in [-0.4, -0.2) is 26.8 Å². The van der Waals surface area contributed by atoms with Crippen LogP contribution in [-0.2, 0) is 11.3 Å². The fourth-order valence-electron chi connectivity index (χ4n) is 1.93. The van der Waals surface area contributed by atoms with Gasteiger partial charge < -0.3 is 9.67 Å². The molecule has 1 aromatic carbocycles. The van der Waals surface area contributed by atoms with Crippen LogP contribution in [0, 0.1) is 12.8 Å². The molecule has 19 heavy (non-hydrogen) atoms. The lowest BCUT2D eigenvalue weighted by Gasteiger charge is -2.17. The Hall–Kier alpha value is -2.05. The van der Waals surface area contributed by atoms with Gasteiger partial charge in [0.1, 0.15) is 5.82 Å². The number of rotatable bonds is 3. The summed E-state index contributed by atoms with van der Waals surface area (Å²) in [6, 6.07) is 6.67. The van der Waals surface area contributed by atoms with Crippen molar-refractivity contribution in [3.8, 4) is 0 Å². The van der Waals surface area contributed by atoms with Gasteiger partial charge in [0, 0.05) is 6.54 Å². The molecule has 0 fully saturated rings. The van der Waals surface area contributed by atoms with E-state index in [9.17, 15) is 18.0 Å². The zero-order valence-corrected chi connectivity index (χ0v) is 9.98. The highest BCUT2D eigenvalue weighted by atomic mass is 19.4. The van der Waals surface area contributed by atoms with E-state index in [0.717, 1.165) is 0 Å². The molecule has 0 saturated carbocycles. The van der Waals surface area contributed by atoms with E-state index in [0.29, 0.717) is 16.9 Å². The Morgan fingerprint density at radius 2 is 2.05 bits per heavy atom. The van der Waals surface area contributed by atoms with E-state index in [2.05, 4.69) is 4.98 Å². The van der Waals surface area contributed by atoms with Gasteiger partial charge in [-0.1, -0.05) is 12.1 Å². The number of nitrogens with zero attached hydrogens (tertiary/aromatic N) is 2. The molecular weight excluding hydrogens is 261 g/mol. The number of imidazole rings is 1. The molecule has 0 saturated heterocycles. The van der Waals surface area contributed by atoms with Gasteiger partial charge in [0.15, 0.2) is 5.92 Å². The van der Waals surface area contributed by atoms with Gasteiger partial charge in [-0.2, -0.15) is 13.2 Å². The van der Waals surface area contributed by atoms with Crippen LogP contribution in [0.15, 0.2) is 24.3 Å². The number of carbonyl (C=O) groups is 1. The topological polar surface area (TPSA) is 55.1 Å². The molecule has 0 aliphatic rings. The highest BCUT2D eigenvalue weighted by molar-refractivity contribution is 5.76. The number of hydrogen-bond donors (Lipinski definition) is 1. The van der Waals surface area contributed by atoms with Gasteiger partial charge >= 0.3 is 12.1 Å². The van der Waals surface area contributed by atoms with Crippen molar-refractivity contribution >= 4 is 17.0 Å². The number of hydrogen-bond acceptors (Lipinski definition) is 2. The number of para-hydroxylation sites is 2. The number of alkyl halides is 3. The lowest BCUT2D eigenvalue weighted by Crippen LogP contribution is -2.34. The van der Waals surface area contributed by atoms with Gasteiger partial charge in [-0.15, -0.1) is 0 Å². The lowest BCUT2D eigenvalue weighted by molar-refractivity contribution is -0.195. The van der Waals surface area contributed by atoms with Crippen LogP contribution >= 0.6 is 0 Å². The molecule has 0 aliphatic heterocycles. The summed E-state index contributed by atoms with van der Waals surface area (Å²) < 4.78 is 39.3. The third-order valence-corrected chi connectivity index (χ3v) is 2.90. The van der Waals surface area contributed by atoms with Crippen molar-refractivity contribution in [1.82, 2.24) is 9.55 Å². The number of aromatic nitrogens is 2. The molecule has 2 rings (SSSR count). The van der Waals surface area contributed by atoms with E-state index in [1.165, 1.54) is 4.57 Å². The van der Waals surface area contributed by atoms with Gasteiger partial charge in [0.25, 0.3) is 0 Å². The van der Waals surface area contributed by atoms with Crippen LogP contribution in [0.4, 0.5) is 13.2 Å². The van der Waals surface area contributed by atoms with Gasteiger partial charge in [0.2, 0.25) is 0 Å². The number of benzene rings is 1. The second-order valence-corrected chi connectivity index (χ2v) is 4.19. The van der Waals surface area contributed by atoms with Crippen LogP contribution in [0.25, 0.3) is 11.0 Å². The van der Waals surface area contributed by atoms with Crippen LogP contribution in [0.2, 0.25) is 0 Å². The fourth-order valence-corrected chi connectivity index (χ4v) is 1.93. The zero-order valence-electron chi connectivity index (χ0n) is 9.98. The van der Waals surface area contributed by atoms with Gasteiger partial charge in [-0.3, -0.25) is 4.79 Å². The molecule has 102 valence electrons. The smallest absolute Gasteiger partial charge is 0.403 e. The number of aryl methyl sites for hydroxylation is 1. The molecule has 1 aromatic heterocycles. The molecule has 0 radical (unpaired) electrons. The molecule has 1 atom stereocenters. The molecule has 0 spiro atoms. The minimum absolute atomic E-state index is 0.358. The fraction of sp³-hybridized carbons (Fsp3) is 0.333. The summed E-state index contributed by atoms with van der Waals surface area (Å²) in [7, 11) is 0. The Bertz CT molecular complexity index is 619. The van der Waals surface area contributed by atoms with Crippen molar-refractivity contribution in [2.45, 2.75) is 19.6 Å². The Morgan fingerprint density at radius 1 is 1.42 bits per heavy atom. The number of halogens is 3. The van der Waals surface area contributed by atoms with Crippen LogP contribution in [0.3, 0.4) is 0 Å². The molecule has 2 aromatic rings. The van der Waals surface area contributed by atoms with Crippen molar-refractivity contribution in [2.24, 2.45) is 5.92 Å². The maximum absolute atomic E-state index is 12.7. The van der Waals surface area contributed by atoms with Gasteiger partial charge in [-0.25, -0.2) is 4.98 Å². The average Bonchev–Trinajstić information content (AvgIpc) is 2.59. The molecule has 0 amide bonds. The van der Waals surface area contributed by atoms with Crippen LogP contribution in [0.5, 0.6) is 0 Å². The summed E-state index contributed by atoms with van der Waals surface area (Å²) in [5.74, 6) is -3.97. The lowest BCUT2D eigenvalue weighted by atomic mass is 10.1. The largest absolute Gasteiger partial charge is 0.481 e. The summed E-state index contributed by atoms with van der Waals surface area (Å²) in [5.41, 5.74) is 1.04. The molecular formula is C12H11F3N2O2. The predicted octanol–water partition coefficient (Wildman–Crippen LogP) is 2.61. The SMILES string of the molecule is Cc1nc2ccccc2n1CC(C(=O)O)C(F)(F)F. The second kappa shape index (κ2) is 4.56. The van der Waals surface area contributed by atoms with E-state index in [4.69, 9.17) is 5.11 Å². The maximum Gasteiger partial charge on any atom is 0.403 e. The second-order valence-electron chi connectivity index (χ2n) is 4.19. The van der Waals surface area contributed by atoms with Crippen molar-refractivity contribution in [2.75, 3.05) is 0 Å². The molecule has 1 unspecified atom stereocenters. The first-order valence-corrected chi connectivity index (χ1v) is 5.52. The van der Waals surface area contributed by atoms with Crippen LogP contribution < -0.4 is 0 Å². The normalized spacial score (nSPS) is 13.7. The van der Waals surface area contributed by atoms with Crippen LogP contribution in [0.1, 0.15) is 5.82 Å². The molecule has 0 aliphatic carbocycles. The molecule has 4 nitrogen and oxygen atoms in total. The predicted molar refractivity (Wildman–Crippen MR) is 61.7 cm³/mol. The first-order valence-electron chi connectivity index (χ1n) is 5.52. The number of fused-ring (bicyclic) bond motifs is 1. The molecule has 1 N–H and O–H groups in total. The highest BCUT2D eigenvalue weighted by Crippen LogP contribution is 2.29. The average molecular weight is 272 g/mol. The number of carboxylic acids is 1. The highest BCUT2D eigenvalue weighted by Gasteiger charge is 2.45. The Kier molecular flexibility index (Phi) is 3.21. The minimum atomic E-state index is -4.79. The summed E-state index contributed by atoms with van der Waals surface area (Å²) >= 11 is 0.